The van der Waals surface area contributed by atoms with Crippen LogP contribution in [0, 0.1) is 5.92 Å². The number of rotatable bonds is 10. The standard InChI is InChI=1S/C34H39NO4/c1-7-8-9-12-24-18-31(38-6)33(28-17-22(4)15-16-25(28)21(2)3)32(19-24)39-34(37)30-20-27(23(5)36)26-13-10-11-14-29(26)35-30/h10-11,13-14,17-20,25,28H,2,7-9,12,15-16H2,1,3-6H3/t25-,28+/m0/s1. The maximum atomic E-state index is 13.6. The molecule has 0 bridgehead atoms. The van der Waals surface area contributed by atoms with Crippen molar-refractivity contribution in [3.63, 3.8) is 0 Å². The summed E-state index contributed by atoms with van der Waals surface area (Å²) in [6.07, 6.45) is 8.39. The number of unbranched alkanes of at least 4 members (excludes halogenated alkanes) is 2. The minimum Gasteiger partial charge on any atom is -0.496 e. The zero-order valence-electron chi connectivity index (χ0n) is 23.8. The van der Waals surface area contributed by atoms with E-state index in [1.807, 2.05) is 24.3 Å². The molecule has 0 fully saturated rings. The highest BCUT2D eigenvalue weighted by Crippen LogP contribution is 2.47. The lowest BCUT2D eigenvalue weighted by molar-refractivity contribution is 0.0726. The molecule has 0 N–H and O–H groups in total. The minimum atomic E-state index is -0.597. The molecule has 1 aliphatic carbocycles. The third-order valence-corrected chi connectivity index (χ3v) is 7.67. The summed E-state index contributed by atoms with van der Waals surface area (Å²) in [5.74, 6) is 0.637. The van der Waals surface area contributed by atoms with Gasteiger partial charge in [0.2, 0.25) is 0 Å². The van der Waals surface area contributed by atoms with Gasteiger partial charge < -0.3 is 9.47 Å². The zero-order chi connectivity index (χ0) is 28.1. The molecular formula is C34H39NO4. The van der Waals surface area contributed by atoms with E-state index in [4.69, 9.17) is 9.47 Å². The molecule has 1 aromatic heterocycles. The molecule has 3 aromatic rings. The molecule has 1 heterocycles. The van der Waals surface area contributed by atoms with E-state index < -0.39 is 5.97 Å². The average Bonchev–Trinajstić information content (AvgIpc) is 2.91. The van der Waals surface area contributed by atoms with Crippen molar-refractivity contribution in [1.29, 1.82) is 0 Å². The van der Waals surface area contributed by atoms with Gasteiger partial charge in [0.15, 0.2) is 5.78 Å². The molecule has 2 atom stereocenters. The fourth-order valence-corrected chi connectivity index (χ4v) is 5.59. The Balaban J connectivity index is 1.83. The Morgan fingerprint density at radius 3 is 2.51 bits per heavy atom. The van der Waals surface area contributed by atoms with E-state index in [9.17, 15) is 9.59 Å². The predicted molar refractivity (Wildman–Crippen MR) is 157 cm³/mol. The van der Waals surface area contributed by atoms with Crippen molar-refractivity contribution in [2.45, 2.75) is 72.1 Å². The number of esters is 1. The topological polar surface area (TPSA) is 65.5 Å². The van der Waals surface area contributed by atoms with E-state index in [-0.39, 0.29) is 23.3 Å². The summed E-state index contributed by atoms with van der Waals surface area (Å²) < 4.78 is 12.1. The number of fused-ring (bicyclic) bond motifs is 1. The molecule has 204 valence electrons. The number of methoxy groups -OCH3 is 1. The fraction of sp³-hybridized carbons (Fsp3) is 0.382. The molecule has 5 nitrogen and oxygen atoms in total. The molecule has 5 heteroatoms. The van der Waals surface area contributed by atoms with Gasteiger partial charge in [-0.05, 0) is 82.2 Å². The van der Waals surface area contributed by atoms with Gasteiger partial charge in [0.25, 0.3) is 0 Å². The van der Waals surface area contributed by atoms with Crippen LogP contribution in [0.25, 0.3) is 10.9 Å². The SMILES string of the molecule is C=C(C)[C@@H]1CCC(C)=C[C@H]1c1c(OC)cc(CCCCC)cc1OC(=O)c1cc(C(C)=O)c2ccccc2n1. The Hall–Kier alpha value is -3.73. The summed E-state index contributed by atoms with van der Waals surface area (Å²) in [5, 5.41) is 0.717. The maximum absolute atomic E-state index is 13.6. The van der Waals surface area contributed by atoms with Gasteiger partial charge in [-0.3, -0.25) is 4.79 Å². The lowest BCUT2D eigenvalue weighted by Gasteiger charge is -2.32. The summed E-state index contributed by atoms with van der Waals surface area (Å²) in [6.45, 7) is 12.2. The number of nitrogens with zero attached hydrogens (tertiary/aromatic N) is 1. The number of aryl methyl sites for hydroxylation is 1. The summed E-state index contributed by atoms with van der Waals surface area (Å²) >= 11 is 0. The molecule has 39 heavy (non-hydrogen) atoms. The third kappa shape index (κ3) is 6.30. The van der Waals surface area contributed by atoms with E-state index in [2.05, 4.69) is 44.5 Å². The first-order chi connectivity index (χ1) is 18.7. The predicted octanol–water partition coefficient (Wildman–Crippen LogP) is 8.41. The van der Waals surface area contributed by atoms with Crippen LogP contribution in [0.15, 0.2) is 66.3 Å². The van der Waals surface area contributed by atoms with E-state index in [1.54, 1.807) is 13.2 Å². The molecule has 2 aromatic carbocycles. The van der Waals surface area contributed by atoms with E-state index in [0.717, 1.165) is 55.2 Å². The largest absolute Gasteiger partial charge is 0.496 e. The molecule has 0 spiro atoms. The second-order valence-electron chi connectivity index (χ2n) is 10.7. The van der Waals surface area contributed by atoms with Crippen molar-refractivity contribution in [3.05, 3.63) is 88.7 Å². The first-order valence-corrected chi connectivity index (χ1v) is 13.9. The van der Waals surface area contributed by atoms with Gasteiger partial charge in [0.1, 0.15) is 17.2 Å². The first kappa shape index (κ1) is 28.3. The third-order valence-electron chi connectivity index (χ3n) is 7.67. The number of Topliss-reactive ketones (excluding diaryl/α,β-unsaturated/α-hetero) is 1. The van der Waals surface area contributed by atoms with Crippen molar-refractivity contribution in [3.8, 4) is 11.5 Å². The van der Waals surface area contributed by atoms with E-state index >= 15 is 0 Å². The van der Waals surface area contributed by atoms with Crippen molar-refractivity contribution >= 4 is 22.7 Å². The number of aromatic nitrogens is 1. The number of carbonyl (C=O) groups is 2. The second-order valence-corrected chi connectivity index (χ2v) is 10.7. The quantitative estimate of drug-likeness (QED) is 0.0874. The monoisotopic (exact) mass is 525 g/mol. The Labute approximate surface area is 231 Å². The van der Waals surface area contributed by atoms with Crippen LogP contribution in [-0.4, -0.2) is 23.8 Å². The molecule has 0 radical (unpaired) electrons. The second kappa shape index (κ2) is 12.4. The highest BCUT2D eigenvalue weighted by Gasteiger charge is 2.32. The molecule has 0 saturated carbocycles. The number of carbonyl (C=O) groups excluding carboxylic acids is 2. The number of para-hydroxylation sites is 1. The Bertz CT molecular complexity index is 1430. The molecule has 0 aliphatic heterocycles. The van der Waals surface area contributed by atoms with Crippen molar-refractivity contribution in [2.75, 3.05) is 7.11 Å². The number of hydrogen-bond donors (Lipinski definition) is 0. The number of hydrogen-bond acceptors (Lipinski definition) is 5. The fourth-order valence-electron chi connectivity index (χ4n) is 5.59. The first-order valence-electron chi connectivity index (χ1n) is 13.9. The van der Waals surface area contributed by atoms with Crippen LogP contribution >= 0.6 is 0 Å². The van der Waals surface area contributed by atoms with Gasteiger partial charge in [-0.2, -0.15) is 0 Å². The van der Waals surface area contributed by atoms with Gasteiger partial charge >= 0.3 is 5.97 Å². The van der Waals surface area contributed by atoms with Gasteiger partial charge in [-0.15, -0.1) is 0 Å². The van der Waals surface area contributed by atoms with Crippen LogP contribution in [0.3, 0.4) is 0 Å². The van der Waals surface area contributed by atoms with Crippen molar-refractivity contribution in [1.82, 2.24) is 4.98 Å². The van der Waals surface area contributed by atoms with Gasteiger partial charge in [-0.1, -0.05) is 61.8 Å². The number of pyridine rings is 1. The average molecular weight is 526 g/mol. The van der Waals surface area contributed by atoms with Crippen molar-refractivity contribution in [2.24, 2.45) is 5.92 Å². The lowest BCUT2D eigenvalue weighted by Crippen LogP contribution is -2.20. The number of ether oxygens (including phenoxy) is 2. The van der Waals surface area contributed by atoms with Crippen LogP contribution < -0.4 is 9.47 Å². The summed E-state index contributed by atoms with van der Waals surface area (Å²) in [5.41, 5.74) is 5.44. The number of benzene rings is 2. The zero-order valence-corrected chi connectivity index (χ0v) is 23.8. The maximum Gasteiger partial charge on any atom is 0.362 e. The van der Waals surface area contributed by atoms with E-state index in [1.165, 1.54) is 18.6 Å². The normalized spacial score (nSPS) is 17.0. The molecule has 0 unspecified atom stereocenters. The smallest absolute Gasteiger partial charge is 0.362 e. The van der Waals surface area contributed by atoms with Gasteiger partial charge in [0, 0.05) is 22.4 Å². The van der Waals surface area contributed by atoms with Crippen LogP contribution in [0.2, 0.25) is 0 Å². The molecule has 0 amide bonds. The number of ketones is 1. The minimum absolute atomic E-state index is 0.0314. The Morgan fingerprint density at radius 1 is 1.08 bits per heavy atom. The Kier molecular flexibility index (Phi) is 9.01. The number of allylic oxidation sites excluding steroid dienone is 3. The highest BCUT2D eigenvalue weighted by atomic mass is 16.5. The van der Waals surface area contributed by atoms with Gasteiger partial charge in [0.05, 0.1) is 12.6 Å². The van der Waals surface area contributed by atoms with Crippen LogP contribution in [0.4, 0.5) is 0 Å². The Morgan fingerprint density at radius 2 is 1.82 bits per heavy atom. The summed E-state index contributed by atoms with van der Waals surface area (Å²) in [6, 6.07) is 12.9. The van der Waals surface area contributed by atoms with Crippen LogP contribution in [0.5, 0.6) is 11.5 Å². The summed E-state index contributed by atoms with van der Waals surface area (Å²) in [7, 11) is 1.67. The van der Waals surface area contributed by atoms with Crippen LogP contribution in [0.1, 0.15) is 97.7 Å². The van der Waals surface area contributed by atoms with Crippen molar-refractivity contribution < 1.29 is 19.1 Å². The van der Waals surface area contributed by atoms with E-state index in [0.29, 0.717) is 28.0 Å². The molecule has 4 rings (SSSR count). The summed E-state index contributed by atoms with van der Waals surface area (Å²) in [4.78, 5) is 30.6. The molecule has 0 saturated heterocycles. The lowest BCUT2D eigenvalue weighted by atomic mass is 9.73. The molecule has 1 aliphatic rings. The highest BCUT2D eigenvalue weighted by molar-refractivity contribution is 6.08. The van der Waals surface area contributed by atoms with Gasteiger partial charge in [-0.25, -0.2) is 9.78 Å². The van der Waals surface area contributed by atoms with Crippen LogP contribution in [-0.2, 0) is 6.42 Å². The molecular weight excluding hydrogens is 486 g/mol.